The molecule has 0 aliphatic carbocycles. The highest BCUT2D eigenvalue weighted by Crippen LogP contribution is 2.19. The molecule has 0 spiro atoms. The van der Waals surface area contributed by atoms with E-state index in [9.17, 15) is 9.59 Å². The number of rotatable bonds is 7. The molecule has 0 atom stereocenters. The molecule has 0 radical (unpaired) electrons. The van der Waals surface area contributed by atoms with Gasteiger partial charge in [-0.15, -0.1) is 0 Å². The lowest BCUT2D eigenvalue weighted by atomic mass is 10.2. The smallest absolute Gasteiger partial charge is 0.251 e. The van der Waals surface area contributed by atoms with Crippen molar-refractivity contribution < 1.29 is 9.59 Å². The van der Waals surface area contributed by atoms with Crippen LogP contribution in [0.3, 0.4) is 0 Å². The van der Waals surface area contributed by atoms with Crippen molar-refractivity contribution in [1.82, 2.24) is 15.3 Å². The highest BCUT2D eigenvalue weighted by molar-refractivity contribution is 5.99. The molecule has 3 aromatic rings. The van der Waals surface area contributed by atoms with Crippen molar-refractivity contribution in [2.45, 2.75) is 6.92 Å². The maximum Gasteiger partial charge on any atom is 0.251 e. The Morgan fingerprint density at radius 1 is 0.933 bits per heavy atom. The third-order valence-corrected chi connectivity index (χ3v) is 4.17. The molecule has 0 unspecified atom stereocenters. The van der Waals surface area contributed by atoms with Crippen molar-refractivity contribution in [3.8, 4) is 0 Å². The van der Waals surface area contributed by atoms with E-state index in [1.54, 1.807) is 36.4 Å². The van der Waals surface area contributed by atoms with Gasteiger partial charge in [-0.25, -0.2) is 4.98 Å². The van der Waals surface area contributed by atoms with Crippen LogP contribution in [0.2, 0.25) is 0 Å². The molecule has 8 heteroatoms. The maximum absolute atomic E-state index is 12.1. The summed E-state index contributed by atoms with van der Waals surface area (Å²) in [5.41, 5.74) is 2.79. The van der Waals surface area contributed by atoms with E-state index >= 15 is 0 Å². The number of carbonyl (C=O) groups excluding carboxylic acids is 2. The van der Waals surface area contributed by atoms with Crippen LogP contribution in [0.5, 0.6) is 0 Å². The van der Waals surface area contributed by atoms with Crippen molar-refractivity contribution >= 4 is 35.0 Å². The molecule has 30 heavy (non-hydrogen) atoms. The van der Waals surface area contributed by atoms with Crippen LogP contribution in [-0.2, 0) is 4.79 Å². The van der Waals surface area contributed by atoms with Crippen LogP contribution in [0.15, 0.2) is 60.7 Å². The fourth-order valence-electron chi connectivity index (χ4n) is 2.66. The number of aryl methyl sites for hydroxylation is 1. The van der Waals surface area contributed by atoms with Crippen LogP contribution < -0.4 is 20.9 Å². The molecular weight excluding hydrogens is 380 g/mol. The van der Waals surface area contributed by atoms with Crippen LogP contribution in [0, 0.1) is 6.92 Å². The van der Waals surface area contributed by atoms with Gasteiger partial charge in [-0.3, -0.25) is 9.59 Å². The minimum Gasteiger partial charge on any atom is -0.363 e. The zero-order valence-electron chi connectivity index (χ0n) is 17.1. The molecule has 0 bridgehead atoms. The van der Waals surface area contributed by atoms with Crippen LogP contribution in [0.4, 0.5) is 23.1 Å². The average Bonchev–Trinajstić information content (AvgIpc) is 2.73. The number of carbonyl (C=O) groups is 2. The second-order valence-electron chi connectivity index (χ2n) is 6.88. The predicted octanol–water partition coefficient (Wildman–Crippen LogP) is 2.96. The van der Waals surface area contributed by atoms with Gasteiger partial charge in [0.15, 0.2) is 0 Å². The molecule has 0 saturated heterocycles. The monoisotopic (exact) mass is 404 g/mol. The minimum atomic E-state index is -0.308. The normalized spacial score (nSPS) is 10.2. The second-order valence-corrected chi connectivity index (χ2v) is 6.88. The fraction of sp³-hybridized carbons (Fsp3) is 0.182. The van der Waals surface area contributed by atoms with Gasteiger partial charge >= 0.3 is 0 Å². The lowest BCUT2D eigenvalue weighted by Crippen LogP contribution is -2.32. The molecule has 0 aliphatic heterocycles. The summed E-state index contributed by atoms with van der Waals surface area (Å²) < 4.78 is 0. The molecule has 154 valence electrons. The number of anilines is 4. The Labute approximate surface area is 175 Å². The van der Waals surface area contributed by atoms with E-state index in [0.29, 0.717) is 17.2 Å². The molecule has 3 rings (SSSR count). The lowest BCUT2D eigenvalue weighted by Gasteiger charge is -2.14. The second kappa shape index (κ2) is 9.51. The molecule has 2 aromatic carbocycles. The Morgan fingerprint density at radius 2 is 1.60 bits per heavy atom. The summed E-state index contributed by atoms with van der Waals surface area (Å²) in [6.07, 6.45) is 0. The number of nitrogens with one attached hydrogen (secondary N) is 3. The number of hydrogen-bond acceptors (Lipinski definition) is 6. The van der Waals surface area contributed by atoms with Crippen LogP contribution >= 0.6 is 0 Å². The summed E-state index contributed by atoms with van der Waals surface area (Å²) >= 11 is 0. The first kappa shape index (κ1) is 20.8. The summed E-state index contributed by atoms with van der Waals surface area (Å²) in [4.78, 5) is 34.9. The van der Waals surface area contributed by atoms with Gasteiger partial charge < -0.3 is 20.9 Å². The van der Waals surface area contributed by atoms with E-state index in [2.05, 4.69) is 25.9 Å². The van der Waals surface area contributed by atoms with Crippen LogP contribution in [0.1, 0.15) is 16.1 Å². The maximum atomic E-state index is 12.1. The quantitative estimate of drug-likeness (QED) is 0.560. The number of amides is 2. The van der Waals surface area contributed by atoms with Gasteiger partial charge in [-0.05, 0) is 43.3 Å². The number of benzene rings is 2. The van der Waals surface area contributed by atoms with E-state index in [0.717, 1.165) is 17.2 Å². The number of aromatic nitrogens is 2. The molecule has 0 aliphatic rings. The summed E-state index contributed by atoms with van der Waals surface area (Å²) in [6.45, 7) is 1.80. The zero-order chi connectivity index (χ0) is 21.5. The van der Waals surface area contributed by atoms with Gasteiger partial charge in [0.25, 0.3) is 5.91 Å². The predicted molar refractivity (Wildman–Crippen MR) is 118 cm³/mol. The number of nitrogens with zero attached hydrogens (tertiary/aromatic N) is 3. The number of hydrogen-bond donors (Lipinski definition) is 3. The van der Waals surface area contributed by atoms with Crippen molar-refractivity contribution in [2.24, 2.45) is 0 Å². The van der Waals surface area contributed by atoms with Crippen molar-refractivity contribution in [1.29, 1.82) is 0 Å². The van der Waals surface area contributed by atoms with E-state index in [-0.39, 0.29) is 18.4 Å². The fourth-order valence-corrected chi connectivity index (χ4v) is 2.66. The van der Waals surface area contributed by atoms with Gasteiger partial charge in [-0.2, -0.15) is 4.98 Å². The first-order chi connectivity index (χ1) is 14.4. The van der Waals surface area contributed by atoms with E-state index in [1.165, 1.54) is 0 Å². The Kier molecular flexibility index (Phi) is 6.59. The first-order valence-corrected chi connectivity index (χ1v) is 9.44. The third kappa shape index (κ3) is 5.78. The summed E-state index contributed by atoms with van der Waals surface area (Å²) in [6, 6.07) is 17.8. The molecule has 1 heterocycles. The van der Waals surface area contributed by atoms with Crippen molar-refractivity contribution in [3.05, 3.63) is 71.9 Å². The molecule has 0 fully saturated rings. The molecular formula is C22H24N6O2. The highest BCUT2D eigenvalue weighted by atomic mass is 16.2. The average molecular weight is 404 g/mol. The van der Waals surface area contributed by atoms with Crippen molar-refractivity contribution in [3.63, 3.8) is 0 Å². The van der Waals surface area contributed by atoms with Crippen LogP contribution in [0.25, 0.3) is 0 Å². The van der Waals surface area contributed by atoms with Crippen LogP contribution in [-0.4, -0.2) is 42.4 Å². The molecule has 0 saturated carbocycles. The van der Waals surface area contributed by atoms with Gasteiger partial charge in [0.2, 0.25) is 11.9 Å². The molecule has 2 amide bonds. The Bertz CT molecular complexity index is 1020. The van der Waals surface area contributed by atoms with E-state index in [1.807, 2.05) is 50.2 Å². The van der Waals surface area contributed by atoms with Gasteiger partial charge in [0.1, 0.15) is 5.82 Å². The Morgan fingerprint density at radius 3 is 2.27 bits per heavy atom. The van der Waals surface area contributed by atoms with Gasteiger partial charge in [0, 0.05) is 42.8 Å². The van der Waals surface area contributed by atoms with Gasteiger partial charge in [0.05, 0.1) is 6.54 Å². The molecule has 1 aromatic heterocycles. The standard InChI is InChI=1S/C22H24N6O2/c1-15-13-19(28(2)3)27-22(24-15)26-18-11-9-17(10-12-18)25-20(29)14-23-21(30)16-7-5-4-6-8-16/h4-13H,14H2,1-3H3,(H,23,30)(H,25,29)(H,24,26,27). The Hall–Kier alpha value is -3.94. The summed E-state index contributed by atoms with van der Waals surface area (Å²) in [7, 11) is 3.84. The molecule has 3 N–H and O–H groups in total. The Balaban J connectivity index is 1.54. The summed E-state index contributed by atoms with van der Waals surface area (Å²) in [5.74, 6) is 0.712. The summed E-state index contributed by atoms with van der Waals surface area (Å²) in [5, 5.41) is 8.51. The highest BCUT2D eigenvalue weighted by Gasteiger charge is 2.08. The lowest BCUT2D eigenvalue weighted by molar-refractivity contribution is -0.115. The topological polar surface area (TPSA) is 99.3 Å². The van der Waals surface area contributed by atoms with E-state index < -0.39 is 0 Å². The molecule has 8 nitrogen and oxygen atoms in total. The minimum absolute atomic E-state index is 0.113. The van der Waals surface area contributed by atoms with E-state index in [4.69, 9.17) is 0 Å². The third-order valence-electron chi connectivity index (χ3n) is 4.17. The SMILES string of the molecule is Cc1cc(N(C)C)nc(Nc2ccc(NC(=O)CNC(=O)c3ccccc3)cc2)n1. The first-order valence-electron chi connectivity index (χ1n) is 9.44. The zero-order valence-corrected chi connectivity index (χ0v) is 17.1. The largest absolute Gasteiger partial charge is 0.363 e. The van der Waals surface area contributed by atoms with Crippen molar-refractivity contribution in [2.75, 3.05) is 36.2 Å². The van der Waals surface area contributed by atoms with Gasteiger partial charge in [-0.1, -0.05) is 18.2 Å².